The van der Waals surface area contributed by atoms with E-state index >= 15 is 0 Å². The fourth-order valence-electron chi connectivity index (χ4n) is 2.52. The quantitative estimate of drug-likeness (QED) is 0.674. The predicted octanol–water partition coefficient (Wildman–Crippen LogP) is 5.32. The van der Waals surface area contributed by atoms with E-state index in [1.807, 2.05) is 30.3 Å². The summed E-state index contributed by atoms with van der Waals surface area (Å²) in [6.07, 6.45) is 0.915. The maximum absolute atomic E-state index is 11.2. The topological polar surface area (TPSA) is 26.3 Å². The molecule has 2 aromatic carbocycles. The molecule has 0 unspecified atom stereocenters. The summed E-state index contributed by atoms with van der Waals surface area (Å²) < 4.78 is 6.16. The molecular formula is C20H24O2. The summed E-state index contributed by atoms with van der Waals surface area (Å²) in [7, 11) is 0. The Morgan fingerprint density at radius 2 is 1.50 bits per heavy atom. The zero-order chi connectivity index (χ0) is 16.1. The van der Waals surface area contributed by atoms with Crippen LogP contribution in [-0.4, -0.2) is 6.29 Å². The Kier molecular flexibility index (Phi) is 5.37. The molecule has 0 radical (unpaired) electrons. The molecule has 0 aromatic heterocycles. The minimum atomic E-state index is 0.308. The molecule has 0 saturated carbocycles. The molecule has 0 aliphatic carbocycles. The molecule has 2 nitrogen and oxygen atoms in total. The van der Waals surface area contributed by atoms with Gasteiger partial charge in [-0.15, -0.1) is 0 Å². The van der Waals surface area contributed by atoms with Crippen LogP contribution < -0.4 is 4.74 Å². The van der Waals surface area contributed by atoms with Gasteiger partial charge < -0.3 is 4.74 Å². The lowest BCUT2D eigenvalue weighted by molar-refractivity contribution is 0.112. The van der Waals surface area contributed by atoms with Crippen molar-refractivity contribution in [2.75, 3.05) is 0 Å². The molecule has 2 aromatic rings. The van der Waals surface area contributed by atoms with Crippen LogP contribution in [0.1, 0.15) is 66.6 Å². The summed E-state index contributed by atoms with van der Waals surface area (Å²) in [6.45, 7) is 9.06. The van der Waals surface area contributed by atoms with E-state index in [-0.39, 0.29) is 0 Å². The zero-order valence-electron chi connectivity index (χ0n) is 13.8. The highest BCUT2D eigenvalue weighted by atomic mass is 16.5. The van der Waals surface area contributed by atoms with Crippen LogP contribution in [0.4, 0.5) is 0 Å². The molecule has 0 atom stereocenters. The first-order valence-corrected chi connectivity index (χ1v) is 7.82. The molecule has 116 valence electrons. The van der Waals surface area contributed by atoms with Gasteiger partial charge in [-0.2, -0.15) is 0 Å². The molecule has 2 rings (SSSR count). The largest absolute Gasteiger partial charge is 0.488 e. The van der Waals surface area contributed by atoms with Crippen molar-refractivity contribution < 1.29 is 9.53 Å². The number of carbonyl (C=O) groups is 1. The lowest BCUT2D eigenvalue weighted by Gasteiger charge is -2.21. The van der Waals surface area contributed by atoms with E-state index in [0.717, 1.165) is 34.3 Å². The second kappa shape index (κ2) is 7.26. The summed E-state index contributed by atoms with van der Waals surface area (Å²) in [4.78, 5) is 11.2. The lowest BCUT2D eigenvalue weighted by atomic mass is 9.91. The van der Waals surface area contributed by atoms with Crippen molar-refractivity contribution in [2.24, 2.45) is 0 Å². The Balaban J connectivity index is 2.40. The minimum Gasteiger partial charge on any atom is -0.488 e. The third-order valence-electron chi connectivity index (χ3n) is 3.77. The highest BCUT2D eigenvalue weighted by molar-refractivity contribution is 5.77. The van der Waals surface area contributed by atoms with Gasteiger partial charge in [0.05, 0.1) is 0 Å². The summed E-state index contributed by atoms with van der Waals surface area (Å²) >= 11 is 0. The van der Waals surface area contributed by atoms with Crippen molar-refractivity contribution in [3.8, 4) is 5.75 Å². The van der Waals surface area contributed by atoms with Crippen LogP contribution >= 0.6 is 0 Å². The van der Waals surface area contributed by atoms with Gasteiger partial charge in [0.1, 0.15) is 18.6 Å². The number of carbonyl (C=O) groups excluding carboxylic acids is 1. The standard InChI is InChI=1S/C20H24O2/c1-14(2)18-10-17(12-21)11-19(15(3)4)20(18)22-13-16-8-6-5-7-9-16/h5-12,14-15H,13H2,1-4H3. The first-order chi connectivity index (χ1) is 10.5. The van der Waals surface area contributed by atoms with E-state index in [1.54, 1.807) is 0 Å². The third-order valence-corrected chi connectivity index (χ3v) is 3.77. The van der Waals surface area contributed by atoms with Gasteiger partial charge >= 0.3 is 0 Å². The van der Waals surface area contributed by atoms with E-state index in [1.165, 1.54) is 0 Å². The Labute approximate surface area is 133 Å². The average molecular weight is 296 g/mol. The second-order valence-corrected chi connectivity index (χ2v) is 6.23. The minimum absolute atomic E-state index is 0.308. The molecule has 22 heavy (non-hydrogen) atoms. The number of benzene rings is 2. The molecule has 0 aliphatic rings. The van der Waals surface area contributed by atoms with Gasteiger partial charge in [-0.1, -0.05) is 58.0 Å². The number of ether oxygens (including phenoxy) is 1. The van der Waals surface area contributed by atoms with Gasteiger partial charge in [-0.3, -0.25) is 4.79 Å². The molecule has 0 N–H and O–H groups in total. The average Bonchev–Trinajstić information content (AvgIpc) is 2.52. The fraction of sp³-hybridized carbons (Fsp3) is 0.350. The smallest absolute Gasteiger partial charge is 0.150 e. The van der Waals surface area contributed by atoms with Crippen molar-refractivity contribution in [1.29, 1.82) is 0 Å². The van der Waals surface area contributed by atoms with Crippen molar-refractivity contribution in [3.63, 3.8) is 0 Å². The number of hydrogen-bond donors (Lipinski definition) is 0. The molecule has 0 spiro atoms. The van der Waals surface area contributed by atoms with E-state index in [0.29, 0.717) is 18.4 Å². The predicted molar refractivity (Wildman–Crippen MR) is 90.8 cm³/mol. The molecule has 0 saturated heterocycles. The van der Waals surface area contributed by atoms with Crippen LogP contribution in [0.25, 0.3) is 0 Å². The van der Waals surface area contributed by atoms with Gasteiger partial charge in [-0.25, -0.2) is 0 Å². The van der Waals surface area contributed by atoms with E-state index < -0.39 is 0 Å². The highest BCUT2D eigenvalue weighted by Crippen LogP contribution is 2.36. The lowest BCUT2D eigenvalue weighted by Crippen LogP contribution is -2.06. The van der Waals surface area contributed by atoms with Crippen LogP contribution in [0.2, 0.25) is 0 Å². The van der Waals surface area contributed by atoms with Crippen molar-refractivity contribution >= 4 is 6.29 Å². The molecule has 0 heterocycles. The normalized spacial score (nSPS) is 11.0. The molecule has 0 fully saturated rings. The molecule has 2 heteroatoms. The highest BCUT2D eigenvalue weighted by Gasteiger charge is 2.17. The zero-order valence-corrected chi connectivity index (χ0v) is 13.8. The molecule has 0 aliphatic heterocycles. The van der Waals surface area contributed by atoms with Crippen LogP contribution in [-0.2, 0) is 6.61 Å². The van der Waals surface area contributed by atoms with Crippen molar-refractivity contribution in [1.82, 2.24) is 0 Å². The van der Waals surface area contributed by atoms with Gasteiger partial charge in [0.2, 0.25) is 0 Å². The maximum atomic E-state index is 11.2. The van der Waals surface area contributed by atoms with E-state index in [4.69, 9.17) is 4.74 Å². The monoisotopic (exact) mass is 296 g/mol. The SMILES string of the molecule is CC(C)c1cc(C=O)cc(C(C)C)c1OCc1ccccc1. The molecular weight excluding hydrogens is 272 g/mol. The van der Waals surface area contributed by atoms with Crippen LogP contribution in [0.3, 0.4) is 0 Å². The third kappa shape index (κ3) is 3.76. The summed E-state index contributed by atoms with van der Waals surface area (Å²) in [6, 6.07) is 14.0. The first-order valence-electron chi connectivity index (χ1n) is 7.82. The first kappa shape index (κ1) is 16.3. The fourth-order valence-corrected chi connectivity index (χ4v) is 2.52. The van der Waals surface area contributed by atoms with Gasteiger partial charge in [0.15, 0.2) is 0 Å². The number of rotatable bonds is 6. The number of hydrogen-bond acceptors (Lipinski definition) is 2. The Morgan fingerprint density at radius 3 is 1.95 bits per heavy atom. The van der Waals surface area contributed by atoms with Gasteiger partial charge in [-0.05, 0) is 40.7 Å². The molecule has 0 amide bonds. The van der Waals surface area contributed by atoms with E-state index in [2.05, 4.69) is 39.8 Å². The Bertz CT molecular complexity index is 598. The van der Waals surface area contributed by atoms with Gasteiger partial charge in [0, 0.05) is 5.56 Å². The van der Waals surface area contributed by atoms with Crippen molar-refractivity contribution in [2.45, 2.75) is 46.1 Å². The van der Waals surface area contributed by atoms with Crippen molar-refractivity contribution in [3.05, 3.63) is 64.7 Å². The summed E-state index contributed by atoms with van der Waals surface area (Å²) in [5.41, 5.74) is 4.07. The van der Waals surface area contributed by atoms with E-state index in [9.17, 15) is 4.79 Å². The van der Waals surface area contributed by atoms with Gasteiger partial charge in [0.25, 0.3) is 0 Å². The number of aldehydes is 1. The second-order valence-electron chi connectivity index (χ2n) is 6.23. The Hall–Kier alpha value is -2.09. The Morgan fingerprint density at radius 1 is 0.955 bits per heavy atom. The summed E-state index contributed by atoms with van der Waals surface area (Å²) in [5.74, 6) is 1.55. The maximum Gasteiger partial charge on any atom is 0.150 e. The van der Waals surface area contributed by atoms with Crippen LogP contribution in [0.15, 0.2) is 42.5 Å². The molecule has 0 bridgehead atoms. The summed E-state index contributed by atoms with van der Waals surface area (Å²) in [5, 5.41) is 0. The van der Waals surface area contributed by atoms with Crippen LogP contribution in [0.5, 0.6) is 5.75 Å². The van der Waals surface area contributed by atoms with Crippen LogP contribution in [0, 0.1) is 0 Å².